The standard InChI is InChI=1S/C11H15ClN2O/c12-8-3-1-4-9(13)10(8)14-11(7-15)5-2-6-11/h1,3-4,14-15H,2,5-7,13H2. The number of anilines is 2. The highest BCUT2D eigenvalue weighted by Crippen LogP contribution is 2.38. The summed E-state index contributed by atoms with van der Waals surface area (Å²) in [7, 11) is 0. The van der Waals surface area contributed by atoms with Crippen LogP contribution in [0.3, 0.4) is 0 Å². The van der Waals surface area contributed by atoms with E-state index in [4.69, 9.17) is 17.3 Å². The van der Waals surface area contributed by atoms with E-state index in [9.17, 15) is 5.11 Å². The van der Waals surface area contributed by atoms with Crippen molar-refractivity contribution in [3.63, 3.8) is 0 Å². The first-order chi connectivity index (χ1) is 7.17. The van der Waals surface area contributed by atoms with E-state index >= 15 is 0 Å². The van der Waals surface area contributed by atoms with Gasteiger partial charge in [0, 0.05) is 0 Å². The highest BCUT2D eigenvalue weighted by molar-refractivity contribution is 6.33. The molecular weight excluding hydrogens is 212 g/mol. The van der Waals surface area contributed by atoms with Crippen molar-refractivity contribution in [2.24, 2.45) is 0 Å². The second-order valence-corrected chi connectivity index (χ2v) is 4.53. The number of nitrogens with one attached hydrogen (secondary N) is 1. The van der Waals surface area contributed by atoms with Crippen molar-refractivity contribution < 1.29 is 5.11 Å². The van der Waals surface area contributed by atoms with E-state index in [1.165, 1.54) is 0 Å². The molecular formula is C11H15ClN2O. The maximum absolute atomic E-state index is 9.33. The molecule has 2 rings (SSSR count). The maximum Gasteiger partial charge on any atom is 0.0768 e. The van der Waals surface area contributed by atoms with Gasteiger partial charge in [0.1, 0.15) is 0 Å². The van der Waals surface area contributed by atoms with Crippen LogP contribution in [0.1, 0.15) is 19.3 Å². The molecule has 82 valence electrons. The molecule has 0 saturated heterocycles. The summed E-state index contributed by atoms with van der Waals surface area (Å²) in [6.45, 7) is 0.123. The molecule has 0 amide bonds. The van der Waals surface area contributed by atoms with Crippen LogP contribution in [0.25, 0.3) is 0 Å². The molecule has 1 aliphatic carbocycles. The number of rotatable bonds is 3. The zero-order chi connectivity index (χ0) is 10.9. The van der Waals surface area contributed by atoms with Gasteiger partial charge in [0.15, 0.2) is 0 Å². The third kappa shape index (κ3) is 1.90. The summed E-state index contributed by atoms with van der Waals surface area (Å²) in [4.78, 5) is 0. The van der Waals surface area contributed by atoms with E-state index in [-0.39, 0.29) is 12.1 Å². The fourth-order valence-corrected chi connectivity index (χ4v) is 2.09. The average molecular weight is 227 g/mol. The highest BCUT2D eigenvalue weighted by atomic mass is 35.5. The molecule has 0 aliphatic heterocycles. The monoisotopic (exact) mass is 226 g/mol. The second-order valence-electron chi connectivity index (χ2n) is 4.12. The van der Waals surface area contributed by atoms with Crippen LogP contribution in [0.5, 0.6) is 0 Å². The van der Waals surface area contributed by atoms with Crippen LogP contribution in [0.2, 0.25) is 5.02 Å². The smallest absolute Gasteiger partial charge is 0.0768 e. The zero-order valence-electron chi connectivity index (χ0n) is 8.46. The Morgan fingerprint density at radius 2 is 2.20 bits per heavy atom. The minimum atomic E-state index is -0.209. The number of hydrogen-bond acceptors (Lipinski definition) is 3. The van der Waals surface area contributed by atoms with E-state index in [0.717, 1.165) is 24.9 Å². The number of nitrogen functional groups attached to an aromatic ring is 1. The van der Waals surface area contributed by atoms with Crippen molar-refractivity contribution in [1.29, 1.82) is 0 Å². The molecule has 0 radical (unpaired) electrons. The van der Waals surface area contributed by atoms with Crippen LogP contribution in [-0.4, -0.2) is 17.3 Å². The number of nitrogens with two attached hydrogens (primary N) is 1. The number of para-hydroxylation sites is 1. The van der Waals surface area contributed by atoms with Crippen LogP contribution in [0.4, 0.5) is 11.4 Å². The topological polar surface area (TPSA) is 58.3 Å². The lowest BCUT2D eigenvalue weighted by Gasteiger charge is -2.42. The van der Waals surface area contributed by atoms with Gasteiger partial charge in [0.05, 0.1) is 28.5 Å². The Morgan fingerprint density at radius 3 is 2.67 bits per heavy atom. The second kappa shape index (κ2) is 3.91. The molecule has 1 aromatic carbocycles. The van der Waals surface area contributed by atoms with Gasteiger partial charge in [0.2, 0.25) is 0 Å². The summed E-state index contributed by atoms with van der Waals surface area (Å²) in [5.74, 6) is 0. The Balaban J connectivity index is 2.23. The van der Waals surface area contributed by atoms with Gasteiger partial charge in [-0.1, -0.05) is 17.7 Å². The Labute approximate surface area is 94.2 Å². The van der Waals surface area contributed by atoms with Crippen molar-refractivity contribution in [2.45, 2.75) is 24.8 Å². The fraction of sp³-hybridized carbons (Fsp3) is 0.455. The van der Waals surface area contributed by atoms with Gasteiger partial charge in [-0.3, -0.25) is 0 Å². The molecule has 1 aromatic rings. The van der Waals surface area contributed by atoms with E-state index in [0.29, 0.717) is 10.7 Å². The molecule has 1 fully saturated rings. The fourth-order valence-electron chi connectivity index (χ4n) is 1.86. The lowest BCUT2D eigenvalue weighted by Crippen LogP contribution is -2.48. The summed E-state index contributed by atoms with van der Waals surface area (Å²) >= 11 is 6.05. The SMILES string of the molecule is Nc1cccc(Cl)c1NC1(CO)CCC1. The summed E-state index contributed by atoms with van der Waals surface area (Å²) in [6.07, 6.45) is 3.07. The minimum absolute atomic E-state index is 0.123. The third-order valence-electron chi connectivity index (χ3n) is 3.05. The highest BCUT2D eigenvalue weighted by Gasteiger charge is 2.36. The molecule has 0 atom stereocenters. The average Bonchev–Trinajstić information content (AvgIpc) is 2.15. The first kappa shape index (κ1) is 10.6. The van der Waals surface area contributed by atoms with E-state index in [2.05, 4.69) is 5.32 Å². The molecule has 15 heavy (non-hydrogen) atoms. The summed E-state index contributed by atoms with van der Waals surface area (Å²) < 4.78 is 0. The number of hydrogen-bond donors (Lipinski definition) is 3. The van der Waals surface area contributed by atoms with Gasteiger partial charge in [-0.25, -0.2) is 0 Å². The van der Waals surface area contributed by atoms with Gasteiger partial charge in [-0.2, -0.15) is 0 Å². The lowest BCUT2D eigenvalue weighted by atomic mass is 9.77. The Kier molecular flexibility index (Phi) is 2.76. The van der Waals surface area contributed by atoms with Gasteiger partial charge in [-0.15, -0.1) is 0 Å². The van der Waals surface area contributed by atoms with Crippen molar-refractivity contribution in [3.8, 4) is 0 Å². The predicted molar refractivity (Wildman–Crippen MR) is 63.2 cm³/mol. The van der Waals surface area contributed by atoms with Crippen molar-refractivity contribution in [3.05, 3.63) is 23.2 Å². The predicted octanol–water partition coefficient (Wildman–Crippen LogP) is 2.25. The van der Waals surface area contributed by atoms with Gasteiger partial charge < -0.3 is 16.2 Å². The molecule has 0 aromatic heterocycles. The van der Waals surface area contributed by atoms with Crippen molar-refractivity contribution >= 4 is 23.0 Å². The molecule has 4 heteroatoms. The number of aliphatic hydroxyl groups is 1. The number of benzene rings is 1. The van der Waals surface area contributed by atoms with Crippen molar-refractivity contribution in [2.75, 3.05) is 17.7 Å². The molecule has 0 heterocycles. The molecule has 0 unspecified atom stereocenters. The van der Waals surface area contributed by atoms with E-state index < -0.39 is 0 Å². The van der Waals surface area contributed by atoms with Gasteiger partial charge >= 0.3 is 0 Å². The lowest BCUT2D eigenvalue weighted by molar-refractivity contribution is 0.144. The number of halogens is 1. The van der Waals surface area contributed by atoms with Crippen LogP contribution in [0, 0.1) is 0 Å². The Hall–Kier alpha value is -0.930. The summed E-state index contributed by atoms with van der Waals surface area (Å²) in [5.41, 5.74) is 6.99. The zero-order valence-corrected chi connectivity index (χ0v) is 9.22. The van der Waals surface area contributed by atoms with Crippen LogP contribution < -0.4 is 11.1 Å². The van der Waals surface area contributed by atoms with Gasteiger partial charge in [0.25, 0.3) is 0 Å². The summed E-state index contributed by atoms with van der Waals surface area (Å²) in [5, 5.41) is 13.2. The quantitative estimate of drug-likeness (QED) is 0.693. The van der Waals surface area contributed by atoms with Crippen LogP contribution in [0.15, 0.2) is 18.2 Å². The minimum Gasteiger partial charge on any atom is -0.397 e. The molecule has 4 N–H and O–H groups in total. The van der Waals surface area contributed by atoms with Crippen LogP contribution >= 0.6 is 11.6 Å². The van der Waals surface area contributed by atoms with Gasteiger partial charge in [-0.05, 0) is 31.4 Å². The number of aliphatic hydroxyl groups excluding tert-OH is 1. The molecule has 0 spiro atoms. The van der Waals surface area contributed by atoms with Crippen molar-refractivity contribution in [1.82, 2.24) is 0 Å². The maximum atomic E-state index is 9.33. The first-order valence-electron chi connectivity index (χ1n) is 5.10. The molecule has 1 aliphatic rings. The normalized spacial score (nSPS) is 18.3. The molecule has 0 bridgehead atoms. The third-order valence-corrected chi connectivity index (χ3v) is 3.36. The van der Waals surface area contributed by atoms with Crippen LogP contribution in [-0.2, 0) is 0 Å². The van der Waals surface area contributed by atoms with E-state index in [1.807, 2.05) is 6.07 Å². The first-order valence-corrected chi connectivity index (χ1v) is 5.48. The molecule has 1 saturated carbocycles. The Morgan fingerprint density at radius 1 is 1.47 bits per heavy atom. The summed E-state index contributed by atoms with van der Waals surface area (Å²) in [6, 6.07) is 5.41. The molecule has 3 nitrogen and oxygen atoms in total. The largest absolute Gasteiger partial charge is 0.397 e. The van der Waals surface area contributed by atoms with E-state index in [1.54, 1.807) is 12.1 Å². The Bertz CT molecular complexity index is 338.